The van der Waals surface area contributed by atoms with Gasteiger partial charge in [0, 0.05) is 10.5 Å². The molecule has 1 fully saturated rings. The van der Waals surface area contributed by atoms with Gasteiger partial charge in [0.25, 0.3) is 0 Å². The fourth-order valence-corrected chi connectivity index (χ4v) is 3.69. The highest BCUT2D eigenvalue weighted by atomic mass is 32.7. The summed E-state index contributed by atoms with van der Waals surface area (Å²) in [5, 5.41) is 10.4. The monoisotopic (exact) mass is 296 g/mol. The summed E-state index contributed by atoms with van der Waals surface area (Å²) in [7, 11) is 2.68. The maximum absolute atomic E-state index is 8.98. The molecule has 0 aromatic rings. The number of thiol groups is 1. The third-order valence-electron chi connectivity index (χ3n) is 3.13. The second-order valence-electron chi connectivity index (χ2n) is 4.88. The van der Waals surface area contributed by atoms with E-state index in [4.69, 9.17) is 5.11 Å². The van der Waals surface area contributed by atoms with Gasteiger partial charge in [-0.15, -0.1) is 11.4 Å². The predicted octanol–water partition coefficient (Wildman–Crippen LogP) is 4.70. The number of aliphatic hydroxyl groups is 1. The summed E-state index contributed by atoms with van der Waals surface area (Å²) in [5.41, 5.74) is 0. The van der Waals surface area contributed by atoms with E-state index in [1.165, 1.54) is 38.5 Å². The molecule has 0 aliphatic heterocycles. The van der Waals surface area contributed by atoms with Crippen molar-refractivity contribution in [3.05, 3.63) is 0 Å². The van der Waals surface area contributed by atoms with Crippen LogP contribution in [0.2, 0.25) is 0 Å². The fourth-order valence-electron chi connectivity index (χ4n) is 1.88. The van der Waals surface area contributed by atoms with E-state index in [9.17, 15) is 0 Å². The van der Waals surface area contributed by atoms with Crippen LogP contribution in [0, 0.1) is 0 Å². The molecular weight excluding hydrogens is 267 g/mol. The molecule has 1 saturated carbocycles. The van der Waals surface area contributed by atoms with Crippen LogP contribution in [-0.4, -0.2) is 21.7 Å². The third kappa shape index (κ3) is 11.9. The van der Waals surface area contributed by atoms with E-state index in [0.717, 1.165) is 18.1 Å². The third-order valence-corrected chi connectivity index (χ3v) is 5.75. The van der Waals surface area contributed by atoms with Gasteiger partial charge in [0.05, 0.1) is 6.10 Å². The molecule has 1 rings (SSSR count). The summed E-state index contributed by atoms with van der Waals surface area (Å²) in [6.07, 6.45) is 10.1. The van der Waals surface area contributed by atoms with Crippen LogP contribution in [0.4, 0.5) is 0 Å². The van der Waals surface area contributed by atoms with Crippen molar-refractivity contribution >= 4 is 32.5 Å². The quantitative estimate of drug-likeness (QED) is 0.566. The van der Waals surface area contributed by atoms with E-state index < -0.39 is 0 Å². The minimum Gasteiger partial charge on any atom is -0.393 e. The van der Waals surface area contributed by atoms with Crippen LogP contribution >= 0.6 is 32.5 Å². The molecule has 1 aliphatic carbocycles. The Morgan fingerprint density at radius 1 is 1.29 bits per heavy atom. The lowest BCUT2D eigenvalue weighted by Crippen LogP contribution is -2.05. The van der Waals surface area contributed by atoms with Gasteiger partial charge >= 0.3 is 0 Å². The minimum absolute atomic E-state index is 0.133. The lowest BCUT2D eigenvalue weighted by molar-refractivity contribution is 0.181. The van der Waals surface area contributed by atoms with E-state index in [0.29, 0.717) is 5.25 Å². The average Bonchev–Trinajstić information content (AvgIpc) is 2.32. The Labute approximate surface area is 119 Å². The zero-order chi connectivity index (χ0) is 13.1. The van der Waals surface area contributed by atoms with Crippen LogP contribution in [0.25, 0.3) is 0 Å². The highest BCUT2D eigenvalue weighted by molar-refractivity contribution is 8.44. The van der Waals surface area contributed by atoms with Crippen LogP contribution in [0.15, 0.2) is 0 Å². The Bertz CT molecular complexity index is 157. The number of hydrogen-bond donors (Lipinski definition) is 2. The molecule has 3 atom stereocenters. The summed E-state index contributed by atoms with van der Waals surface area (Å²) in [6.45, 7) is 4.03. The van der Waals surface area contributed by atoms with Gasteiger partial charge < -0.3 is 5.11 Å². The van der Waals surface area contributed by atoms with Crippen molar-refractivity contribution in [2.75, 3.05) is 0 Å². The van der Waals surface area contributed by atoms with Crippen molar-refractivity contribution in [1.29, 1.82) is 0 Å². The summed E-state index contributed by atoms with van der Waals surface area (Å²) >= 11 is 6.18. The molecule has 1 nitrogen and oxygen atoms in total. The molecule has 1 aliphatic rings. The maximum Gasteiger partial charge on any atom is 0.0512 e. The van der Waals surface area contributed by atoms with E-state index in [1.54, 1.807) is 0 Å². The van der Waals surface area contributed by atoms with E-state index >= 15 is 0 Å². The van der Waals surface area contributed by atoms with Gasteiger partial charge in [-0.2, -0.15) is 12.6 Å². The second kappa shape index (κ2) is 12.1. The number of rotatable bonds is 5. The normalized spacial score (nSPS) is 20.3. The minimum atomic E-state index is -0.133. The first-order valence-corrected chi connectivity index (χ1v) is 9.69. The Kier molecular flexibility index (Phi) is 12.9. The summed E-state index contributed by atoms with van der Waals surface area (Å²) in [4.78, 5) is 0. The molecule has 3 unspecified atom stereocenters. The first kappa shape index (κ1) is 18.1. The van der Waals surface area contributed by atoms with Crippen molar-refractivity contribution < 1.29 is 5.11 Å². The zero-order valence-corrected chi connectivity index (χ0v) is 14.1. The molecule has 0 heterocycles. The highest BCUT2D eigenvalue weighted by Crippen LogP contribution is 2.25. The van der Waals surface area contributed by atoms with Crippen molar-refractivity contribution in [3.8, 4) is 0 Å². The molecule has 0 radical (unpaired) electrons. The van der Waals surface area contributed by atoms with Crippen molar-refractivity contribution in [3.63, 3.8) is 0 Å². The van der Waals surface area contributed by atoms with Gasteiger partial charge in [-0.1, -0.05) is 34.6 Å². The van der Waals surface area contributed by atoms with Crippen LogP contribution in [0.3, 0.4) is 0 Å². The van der Waals surface area contributed by atoms with Gasteiger partial charge in [-0.05, 0) is 39.0 Å². The average molecular weight is 296 g/mol. The summed E-state index contributed by atoms with van der Waals surface area (Å²) < 4.78 is 0. The molecule has 1 N–H and O–H groups in total. The van der Waals surface area contributed by atoms with Crippen molar-refractivity contribution in [2.24, 2.45) is 0 Å². The smallest absolute Gasteiger partial charge is 0.0512 e. The van der Waals surface area contributed by atoms with Crippen LogP contribution < -0.4 is 0 Å². The Hall–Kier alpha value is 1.09. The molecule has 0 saturated heterocycles. The van der Waals surface area contributed by atoms with E-state index in [2.05, 4.69) is 28.0 Å². The van der Waals surface area contributed by atoms with E-state index in [-0.39, 0.29) is 6.10 Å². The van der Waals surface area contributed by atoms with Gasteiger partial charge in [0.2, 0.25) is 0 Å². The standard InChI is InChI=1S/C7H17OPS.C6H12S/c1-3-7(10-9)5-4-6(2)8;7-6-4-2-1-3-5-6/h6-8H,3-5,9H2,1-2H3;6-7H,1-5H2. The molecule has 0 amide bonds. The Morgan fingerprint density at radius 3 is 2.18 bits per heavy atom. The van der Waals surface area contributed by atoms with Gasteiger partial charge in [0.15, 0.2) is 0 Å². The van der Waals surface area contributed by atoms with E-state index in [1.807, 2.05) is 18.3 Å². The fraction of sp³-hybridized carbons (Fsp3) is 1.00. The molecule has 0 spiro atoms. The molecule has 0 aromatic carbocycles. The number of hydrogen-bond acceptors (Lipinski definition) is 3. The van der Waals surface area contributed by atoms with Gasteiger partial charge in [-0.25, -0.2) is 0 Å². The zero-order valence-electron chi connectivity index (χ0n) is 11.3. The van der Waals surface area contributed by atoms with Gasteiger partial charge in [0.1, 0.15) is 0 Å². The molecule has 17 heavy (non-hydrogen) atoms. The summed E-state index contributed by atoms with van der Waals surface area (Å²) in [6, 6.07) is 0. The van der Waals surface area contributed by atoms with Crippen LogP contribution in [-0.2, 0) is 0 Å². The topological polar surface area (TPSA) is 20.2 Å². The first-order chi connectivity index (χ1) is 8.10. The summed E-state index contributed by atoms with van der Waals surface area (Å²) in [5.74, 6) is 0. The van der Waals surface area contributed by atoms with Gasteiger partial charge in [-0.3, -0.25) is 0 Å². The van der Waals surface area contributed by atoms with Crippen molar-refractivity contribution in [2.45, 2.75) is 81.8 Å². The molecule has 0 bridgehead atoms. The molecule has 104 valence electrons. The van der Waals surface area contributed by atoms with Crippen LogP contribution in [0.1, 0.15) is 65.2 Å². The molecular formula is C13H29OPS2. The predicted molar refractivity (Wildman–Crippen MR) is 88.2 cm³/mol. The SMILES string of the molecule is CCC(CCC(C)O)SP.SC1CCCCC1. The van der Waals surface area contributed by atoms with Crippen molar-refractivity contribution in [1.82, 2.24) is 0 Å². The van der Waals surface area contributed by atoms with Crippen LogP contribution in [0.5, 0.6) is 0 Å². The number of aliphatic hydroxyl groups excluding tert-OH is 1. The maximum atomic E-state index is 8.98. The lowest BCUT2D eigenvalue weighted by atomic mass is 10.0. The Balaban J connectivity index is 0.000000318. The highest BCUT2D eigenvalue weighted by Gasteiger charge is 2.07. The molecule has 0 aromatic heterocycles. The molecule has 4 heteroatoms. The largest absolute Gasteiger partial charge is 0.393 e. The second-order valence-corrected chi connectivity index (χ2v) is 7.37. The lowest BCUT2D eigenvalue weighted by Gasteiger charge is -2.14. The first-order valence-electron chi connectivity index (χ1n) is 6.81. The Morgan fingerprint density at radius 2 is 1.88 bits per heavy atom.